The van der Waals surface area contributed by atoms with Crippen molar-refractivity contribution in [2.75, 3.05) is 17.2 Å². The zero-order chi connectivity index (χ0) is 25.8. The molecule has 0 unspecified atom stereocenters. The molecule has 1 aliphatic rings. The molecule has 0 saturated heterocycles. The zero-order valence-corrected chi connectivity index (χ0v) is 20.5. The van der Waals surface area contributed by atoms with Crippen molar-refractivity contribution in [3.63, 3.8) is 0 Å². The second-order valence-electron chi connectivity index (χ2n) is 8.47. The van der Waals surface area contributed by atoms with Gasteiger partial charge in [-0.1, -0.05) is 36.0 Å². The summed E-state index contributed by atoms with van der Waals surface area (Å²) in [6.07, 6.45) is 1.84. The van der Waals surface area contributed by atoms with E-state index in [0.29, 0.717) is 23.2 Å². The summed E-state index contributed by atoms with van der Waals surface area (Å²) < 4.78 is 28.8. The summed E-state index contributed by atoms with van der Waals surface area (Å²) in [5, 5.41) is 11.6. The van der Waals surface area contributed by atoms with Gasteiger partial charge in [0.2, 0.25) is 5.91 Å². The molecule has 188 valence electrons. The number of halogens is 2. The highest BCUT2D eigenvalue weighted by Gasteiger charge is 2.24. The van der Waals surface area contributed by atoms with E-state index in [1.807, 2.05) is 24.3 Å². The minimum atomic E-state index is -0.512. The summed E-state index contributed by atoms with van der Waals surface area (Å²) in [5.41, 5.74) is 2.84. The first-order valence-corrected chi connectivity index (χ1v) is 12.7. The Bertz CT molecular complexity index is 1440. The van der Waals surface area contributed by atoms with Crippen LogP contribution in [0.25, 0.3) is 5.69 Å². The number of fused-ring (bicyclic) bond motifs is 1. The van der Waals surface area contributed by atoms with Gasteiger partial charge in [0.05, 0.1) is 12.3 Å². The molecule has 1 N–H and O–H groups in total. The maximum Gasteiger partial charge on any atom is 0.251 e. The minimum Gasteiger partial charge on any atom is -0.345 e. The second-order valence-corrected chi connectivity index (χ2v) is 9.41. The lowest BCUT2D eigenvalue weighted by atomic mass is 10.0. The first-order valence-electron chi connectivity index (χ1n) is 11.7. The number of hydrogen-bond acceptors (Lipinski definition) is 5. The Morgan fingerprint density at radius 1 is 0.946 bits per heavy atom. The van der Waals surface area contributed by atoms with Gasteiger partial charge in [-0.05, 0) is 66.9 Å². The highest BCUT2D eigenvalue weighted by atomic mass is 32.2. The fourth-order valence-electron chi connectivity index (χ4n) is 4.25. The van der Waals surface area contributed by atoms with Gasteiger partial charge in [-0.2, -0.15) is 0 Å². The third kappa shape index (κ3) is 5.54. The van der Waals surface area contributed by atoms with Crippen LogP contribution in [0.5, 0.6) is 0 Å². The van der Waals surface area contributed by atoms with Crippen molar-refractivity contribution >= 4 is 29.3 Å². The molecular formula is C27H23F2N5O2S. The van der Waals surface area contributed by atoms with E-state index in [1.54, 1.807) is 21.6 Å². The van der Waals surface area contributed by atoms with Crippen molar-refractivity contribution in [1.82, 2.24) is 20.1 Å². The zero-order valence-electron chi connectivity index (χ0n) is 19.7. The van der Waals surface area contributed by atoms with Crippen LogP contribution in [0.15, 0.2) is 78.0 Å². The number of anilines is 1. The number of carbonyl (C=O) groups excluding carboxylic acids is 2. The normalized spacial score (nSPS) is 12.8. The highest BCUT2D eigenvalue weighted by molar-refractivity contribution is 7.99. The first-order chi connectivity index (χ1) is 18.0. The number of benzene rings is 3. The van der Waals surface area contributed by atoms with Crippen molar-refractivity contribution in [3.05, 3.63) is 101 Å². The number of para-hydroxylation sites is 1. The van der Waals surface area contributed by atoms with Gasteiger partial charge in [0.25, 0.3) is 5.91 Å². The average molecular weight is 520 g/mol. The molecule has 37 heavy (non-hydrogen) atoms. The van der Waals surface area contributed by atoms with E-state index >= 15 is 0 Å². The molecular weight excluding hydrogens is 496 g/mol. The molecule has 0 bridgehead atoms. The molecule has 0 atom stereocenters. The van der Waals surface area contributed by atoms with Gasteiger partial charge in [0.15, 0.2) is 11.0 Å². The molecule has 0 spiro atoms. The molecule has 10 heteroatoms. The van der Waals surface area contributed by atoms with Crippen molar-refractivity contribution in [2.45, 2.75) is 24.5 Å². The summed E-state index contributed by atoms with van der Waals surface area (Å²) in [5.74, 6) is -0.918. The van der Waals surface area contributed by atoms with Gasteiger partial charge in [0.1, 0.15) is 11.6 Å². The van der Waals surface area contributed by atoms with Gasteiger partial charge in [-0.15, -0.1) is 10.2 Å². The molecule has 0 saturated carbocycles. The van der Waals surface area contributed by atoms with Crippen LogP contribution < -0.4 is 10.2 Å². The van der Waals surface area contributed by atoms with E-state index in [-0.39, 0.29) is 23.8 Å². The molecule has 4 aromatic rings. The molecule has 0 fully saturated rings. The smallest absolute Gasteiger partial charge is 0.251 e. The van der Waals surface area contributed by atoms with Crippen LogP contribution in [0, 0.1) is 11.6 Å². The van der Waals surface area contributed by atoms with Gasteiger partial charge in [0, 0.05) is 23.5 Å². The van der Waals surface area contributed by atoms with E-state index in [2.05, 4.69) is 15.5 Å². The third-order valence-electron chi connectivity index (χ3n) is 6.02. The predicted molar refractivity (Wildman–Crippen MR) is 137 cm³/mol. The Balaban J connectivity index is 1.35. The number of aromatic nitrogens is 3. The number of amides is 2. The Kier molecular flexibility index (Phi) is 7.27. The molecule has 5 rings (SSSR count). The lowest BCUT2D eigenvalue weighted by molar-refractivity contribution is -0.116. The number of carbonyl (C=O) groups is 2. The summed E-state index contributed by atoms with van der Waals surface area (Å²) in [6.45, 7) is 0.645. The molecule has 7 nitrogen and oxygen atoms in total. The fraction of sp³-hybridized carbons (Fsp3) is 0.185. The van der Waals surface area contributed by atoms with Crippen LogP contribution in [0.2, 0.25) is 0 Å². The maximum absolute atomic E-state index is 13.6. The number of nitrogens with one attached hydrogen (secondary N) is 1. The van der Waals surface area contributed by atoms with Gasteiger partial charge in [-0.25, -0.2) is 8.78 Å². The number of thioether (sulfide) groups is 1. The van der Waals surface area contributed by atoms with Crippen LogP contribution in [0.3, 0.4) is 0 Å². The summed E-state index contributed by atoms with van der Waals surface area (Å²) in [7, 11) is 0. The molecule has 3 aromatic carbocycles. The van der Waals surface area contributed by atoms with Crippen LogP contribution in [-0.4, -0.2) is 38.9 Å². The fourth-order valence-corrected chi connectivity index (χ4v) is 5.09. The highest BCUT2D eigenvalue weighted by Crippen LogP contribution is 2.29. The Labute approximate surface area is 216 Å². The summed E-state index contributed by atoms with van der Waals surface area (Å²) >= 11 is 1.22. The monoisotopic (exact) mass is 519 g/mol. The third-order valence-corrected chi connectivity index (χ3v) is 6.93. The standard InChI is InChI=1S/C27H23F2N5O2S/c28-20-10-12-22(13-11-20)34-24(16-30-26(36)19-6-3-8-21(29)15-19)31-32-27(34)37-17-25(35)33-14-4-7-18-5-1-2-9-23(18)33/h1-3,5-6,8-13,15H,4,7,14,16-17H2,(H,30,36). The number of rotatable bonds is 7. The number of nitrogens with zero attached hydrogens (tertiary/aromatic N) is 4. The van der Waals surface area contributed by atoms with E-state index in [0.717, 1.165) is 30.2 Å². The quantitative estimate of drug-likeness (QED) is 0.363. The largest absolute Gasteiger partial charge is 0.345 e. The second kappa shape index (κ2) is 10.9. The molecule has 0 aliphatic carbocycles. The van der Waals surface area contributed by atoms with Crippen LogP contribution in [0.4, 0.5) is 14.5 Å². The summed E-state index contributed by atoms with van der Waals surface area (Å²) in [6, 6.07) is 19.0. The molecule has 1 aromatic heterocycles. The SMILES string of the molecule is O=C(NCc1nnc(SCC(=O)N2CCCc3ccccc32)n1-c1ccc(F)cc1)c1cccc(F)c1. The Hall–Kier alpha value is -4.05. The maximum atomic E-state index is 13.6. The first kappa shape index (κ1) is 24.6. The van der Waals surface area contributed by atoms with Crippen molar-refractivity contribution in [2.24, 2.45) is 0 Å². The lowest BCUT2D eigenvalue weighted by Crippen LogP contribution is -2.36. The summed E-state index contributed by atoms with van der Waals surface area (Å²) in [4.78, 5) is 27.5. The number of hydrogen-bond donors (Lipinski definition) is 1. The molecule has 0 radical (unpaired) electrons. The van der Waals surface area contributed by atoms with Gasteiger partial charge in [-0.3, -0.25) is 14.2 Å². The average Bonchev–Trinajstić information content (AvgIpc) is 3.33. The van der Waals surface area contributed by atoms with Gasteiger partial charge >= 0.3 is 0 Å². The van der Waals surface area contributed by atoms with E-state index in [4.69, 9.17) is 0 Å². The van der Waals surface area contributed by atoms with Crippen LogP contribution >= 0.6 is 11.8 Å². The van der Waals surface area contributed by atoms with E-state index in [1.165, 1.54) is 42.1 Å². The van der Waals surface area contributed by atoms with E-state index < -0.39 is 17.5 Å². The van der Waals surface area contributed by atoms with Crippen LogP contribution in [0.1, 0.15) is 28.2 Å². The molecule has 1 aliphatic heterocycles. The topological polar surface area (TPSA) is 80.1 Å². The minimum absolute atomic E-state index is 0.00622. The number of aryl methyl sites for hydroxylation is 1. The van der Waals surface area contributed by atoms with Gasteiger partial charge < -0.3 is 10.2 Å². The van der Waals surface area contributed by atoms with Crippen molar-refractivity contribution < 1.29 is 18.4 Å². The predicted octanol–water partition coefficient (Wildman–Crippen LogP) is 4.55. The molecule has 2 heterocycles. The Morgan fingerprint density at radius 2 is 1.76 bits per heavy atom. The van der Waals surface area contributed by atoms with Crippen molar-refractivity contribution in [1.29, 1.82) is 0 Å². The van der Waals surface area contributed by atoms with Crippen molar-refractivity contribution in [3.8, 4) is 5.69 Å². The van der Waals surface area contributed by atoms with Crippen LogP contribution in [-0.2, 0) is 17.8 Å². The van der Waals surface area contributed by atoms with E-state index in [9.17, 15) is 18.4 Å². The Morgan fingerprint density at radius 3 is 2.57 bits per heavy atom. The molecule has 2 amide bonds. The lowest BCUT2D eigenvalue weighted by Gasteiger charge is -2.29.